The SMILES string of the molecule is COc1cc(=O)n(-c2cnn(C)c2)cc1Nc1ncc(Br)c(Nc2ccc3nccnc3c2OP(C)C)n1. The number of nitrogens with zero attached hydrogens (tertiary/aromatic N) is 7. The summed E-state index contributed by atoms with van der Waals surface area (Å²) in [5.74, 6) is 1.71. The third-order valence-corrected chi connectivity index (χ3v) is 6.44. The highest BCUT2D eigenvalue weighted by molar-refractivity contribution is 9.10. The normalized spacial score (nSPS) is 11.1. The van der Waals surface area contributed by atoms with Crippen molar-refractivity contribution in [1.29, 1.82) is 0 Å². The first-order chi connectivity index (χ1) is 18.3. The highest BCUT2D eigenvalue weighted by atomic mass is 79.9. The van der Waals surface area contributed by atoms with Gasteiger partial charge < -0.3 is 19.9 Å². The van der Waals surface area contributed by atoms with E-state index in [0.717, 1.165) is 5.52 Å². The molecule has 0 saturated heterocycles. The van der Waals surface area contributed by atoms with Crippen molar-refractivity contribution < 1.29 is 9.26 Å². The van der Waals surface area contributed by atoms with Crippen molar-refractivity contribution in [2.24, 2.45) is 7.05 Å². The van der Waals surface area contributed by atoms with Gasteiger partial charge in [0, 0.05) is 44.1 Å². The summed E-state index contributed by atoms with van der Waals surface area (Å²) in [6, 6.07) is 5.13. The highest BCUT2D eigenvalue weighted by Gasteiger charge is 2.17. The van der Waals surface area contributed by atoms with E-state index in [4.69, 9.17) is 9.26 Å². The second-order valence-corrected chi connectivity index (χ2v) is 10.9. The summed E-state index contributed by atoms with van der Waals surface area (Å²) >= 11 is 3.52. The Morgan fingerprint density at radius 2 is 1.84 bits per heavy atom. The molecule has 194 valence electrons. The van der Waals surface area contributed by atoms with Crippen molar-refractivity contribution in [2.45, 2.75) is 0 Å². The summed E-state index contributed by atoms with van der Waals surface area (Å²) in [6.07, 6.45) is 9.85. The fraction of sp³-hybridized carbons (Fsp3) is 0.167. The van der Waals surface area contributed by atoms with Gasteiger partial charge in [-0.15, -0.1) is 0 Å². The number of rotatable bonds is 8. The number of pyridine rings is 1. The van der Waals surface area contributed by atoms with E-state index in [0.29, 0.717) is 44.4 Å². The quantitative estimate of drug-likeness (QED) is 0.245. The Labute approximate surface area is 227 Å². The fourth-order valence-corrected chi connectivity index (χ4v) is 4.50. The number of hydrogen-bond donors (Lipinski definition) is 2. The van der Waals surface area contributed by atoms with Crippen LogP contribution in [0.3, 0.4) is 0 Å². The number of aromatic nitrogens is 7. The predicted octanol–water partition coefficient (Wildman–Crippen LogP) is 4.60. The topological polar surface area (TPSA) is 134 Å². The van der Waals surface area contributed by atoms with Crippen LogP contribution < -0.4 is 25.5 Å². The predicted molar refractivity (Wildman–Crippen MR) is 151 cm³/mol. The standard InChI is InChI=1S/C24H23BrN9O3P/c1-33-12-14(10-29-33)34-13-18(19(36-2)9-20(34)35)31-24-28-11-15(25)23(32-24)30-17-6-5-16-21(27-8-7-26-16)22(17)37-38(3)4/h5-13H,1-4H3,(H2,28,30,31,32). The first-order valence-electron chi connectivity index (χ1n) is 11.3. The van der Waals surface area contributed by atoms with Crippen LogP contribution >= 0.6 is 24.1 Å². The molecule has 0 aliphatic heterocycles. The van der Waals surface area contributed by atoms with E-state index in [1.807, 2.05) is 25.5 Å². The number of aryl methyl sites for hydroxylation is 1. The summed E-state index contributed by atoms with van der Waals surface area (Å²) < 4.78 is 15.3. The molecule has 14 heteroatoms. The monoisotopic (exact) mass is 595 g/mol. The van der Waals surface area contributed by atoms with Gasteiger partial charge >= 0.3 is 0 Å². The molecule has 4 heterocycles. The summed E-state index contributed by atoms with van der Waals surface area (Å²) in [4.78, 5) is 30.5. The summed E-state index contributed by atoms with van der Waals surface area (Å²) in [5, 5.41) is 10.6. The molecule has 0 unspecified atom stereocenters. The van der Waals surface area contributed by atoms with Gasteiger partial charge in [-0.25, -0.2) is 9.97 Å². The lowest BCUT2D eigenvalue weighted by Crippen LogP contribution is -2.18. The minimum atomic E-state index is -0.730. The number of ether oxygens (including phenoxy) is 1. The maximum absolute atomic E-state index is 12.7. The lowest BCUT2D eigenvalue weighted by Gasteiger charge is -2.17. The molecular formula is C24H23BrN9O3P. The zero-order chi connectivity index (χ0) is 26.8. The molecule has 5 aromatic rings. The van der Waals surface area contributed by atoms with Crippen LogP contribution in [0, 0.1) is 0 Å². The number of halogens is 1. The minimum absolute atomic E-state index is 0.266. The van der Waals surface area contributed by atoms with Crippen LogP contribution in [0.4, 0.5) is 23.1 Å². The van der Waals surface area contributed by atoms with E-state index >= 15 is 0 Å². The molecular weight excluding hydrogens is 573 g/mol. The zero-order valence-corrected chi connectivity index (χ0v) is 23.4. The maximum Gasteiger partial charge on any atom is 0.259 e. The Morgan fingerprint density at radius 3 is 2.58 bits per heavy atom. The van der Waals surface area contributed by atoms with Gasteiger partial charge in [-0.1, -0.05) is 0 Å². The summed E-state index contributed by atoms with van der Waals surface area (Å²) in [6.45, 7) is 4.02. The van der Waals surface area contributed by atoms with Crippen LogP contribution in [0.5, 0.6) is 11.5 Å². The first kappa shape index (κ1) is 25.6. The Morgan fingerprint density at radius 1 is 1.03 bits per heavy atom. The van der Waals surface area contributed by atoms with E-state index < -0.39 is 8.15 Å². The number of anilines is 4. The minimum Gasteiger partial charge on any atom is -0.494 e. The van der Waals surface area contributed by atoms with Gasteiger partial charge in [0.1, 0.15) is 22.8 Å². The van der Waals surface area contributed by atoms with Crippen molar-refractivity contribution in [1.82, 2.24) is 34.3 Å². The second-order valence-electron chi connectivity index (χ2n) is 8.25. The van der Waals surface area contributed by atoms with Crippen LogP contribution in [0.25, 0.3) is 16.7 Å². The smallest absolute Gasteiger partial charge is 0.259 e. The van der Waals surface area contributed by atoms with Crippen molar-refractivity contribution in [3.8, 4) is 17.2 Å². The molecule has 0 saturated carbocycles. The van der Waals surface area contributed by atoms with Crippen molar-refractivity contribution >= 4 is 58.3 Å². The van der Waals surface area contributed by atoms with Crippen LogP contribution in [0.1, 0.15) is 0 Å². The number of benzene rings is 1. The van der Waals surface area contributed by atoms with Gasteiger partial charge in [0.25, 0.3) is 5.56 Å². The third kappa shape index (κ3) is 5.29. The van der Waals surface area contributed by atoms with Gasteiger partial charge in [0.15, 0.2) is 5.75 Å². The van der Waals surface area contributed by atoms with Gasteiger partial charge in [-0.3, -0.25) is 19.0 Å². The molecule has 0 fully saturated rings. The second kappa shape index (κ2) is 10.7. The van der Waals surface area contributed by atoms with Crippen LogP contribution in [-0.2, 0) is 7.05 Å². The lowest BCUT2D eigenvalue weighted by molar-refractivity contribution is 0.415. The molecule has 0 spiro atoms. The fourth-order valence-electron chi connectivity index (χ4n) is 3.66. The molecule has 0 aliphatic rings. The van der Waals surface area contributed by atoms with Gasteiger partial charge in [-0.2, -0.15) is 10.1 Å². The highest BCUT2D eigenvalue weighted by Crippen LogP contribution is 2.41. The van der Waals surface area contributed by atoms with Gasteiger partial charge in [0.05, 0.1) is 42.8 Å². The Bertz CT molecular complexity index is 1690. The van der Waals surface area contributed by atoms with Crippen molar-refractivity contribution in [3.05, 3.63) is 70.2 Å². The molecule has 2 N–H and O–H groups in total. The molecule has 0 aliphatic carbocycles. The van der Waals surface area contributed by atoms with Crippen LogP contribution in [0.15, 0.2) is 64.6 Å². The molecule has 0 atom stereocenters. The maximum atomic E-state index is 12.7. The Kier molecular flexibility index (Phi) is 7.21. The number of fused-ring (bicyclic) bond motifs is 1. The summed E-state index contributed by atoms with van der Waals surface area (Å²) in [5.41, 5.74) is 2.91. The molecule has 0 amide bonds. The molecule has 0 radical (unpaired) electrons. The molecule has 1 aromatic carbocycles. The van der Waals surface area contributed by atoms with E-state index in [2.05, 4.69) is 51.6 Å². The van der Waals surface area contributed by atoms with Gasteiger partial charge in [-0.05, 0) is 41.4 Å². The Hall–Kier alpha value is -4.09. The van der Waals surface area contributed by atoms with Crippen molar-refractivity contribution in [3.63, 3.8) is 0 Å². The first-order valence-corrected chi connectivity index (χ1v) is 14.2. The molecule has 12 nitrogen and oxygen atoms in total. The average Bonchev–Trinajstić information content (AvgIpc) is 3.33. The zero-order valence-electron chi connectivity index (χ0n) is 20.9. The molecule has 4 aromatic heterocycles. The third-order valence-electron chi connectivity index (χ3n) is 5.32. The molecule has 0 bridgehead atoms. The van der Waals surface area contributed by atoms with Crippen LogP contribution in [-0.4, -0.2) is 54.7 Å². The lowest BCUT2D eigenvalue weighted by atomic mass is 10.2. The number of methoxy groups -OCH3 is 1. The van der Waals surface area contributed by atoms with Crippen LogP contribution in [0.2, 0.25) is 0 Å². The average molecular weight is 596 g/mol. The van der Waals surface area contributed by atoms with E-state index in [-0.39, 0.29) is 11.5 Å². The van der Waals surface area contributed by atoms with E-state index in [1.54, 1.807) is 48.9 Å². The Balaban J connectivity index is 1.51. The largest absolute Gasteiger partial charge is 0.494 e. The van der Waals surface area contributed by atoms with E-state index in [1.165, 1.54) is 17.7 Å². The molecule has 5 rings (SSSR count). The number of nitrogens with one attached hydrogen (secondary N) is 2. The van der Waals surface area contributed by atoms with Gasteiger partial charge in [0.2, 0.25) is 5.95 Å². The van der Waals surface area contributed by atoms with Crippen molar-refractivity contribution in [2.75, 3.05) is 31.1 Å². The number of hydrogen-bond acceptors (Lipinski definition) is 10. The molecule has 38 heavy (non-hydrogen) atoms. The van der Waals surface area contributed by atoms with E-state index in [9.17, 15) is 4.79 Å². The summed E-state index contributed by atoms with van der Waals surface area (Å²) in [7, 11) is 2.54.